The maximum absolute atomic E-state index is 5.06. The van der Waals surface area contributed by atoms with Crippen molar-refractivity contribution in [3.05, 3.63) is 16.1 Å². The molecule has 1 rings (SSSR count). The molecule has 3 nitrogen and oxygen atoms in total. The first-order valence-electron chi connectivity index (χ1n) is 4.83. The number of likely N-dealkylation sites (N-methyl/N-ethyl adjacent to an activating group) is 1. The number of rotatable bonds is 6. The molecule has 14 heavy (non-hydrogen) atoms. The minimum absolute atomic E-state index is 0.473. The second-order valence-electron chi connectivity index (χ2n) is 3.35. The molecule has 1 aromatic heterocycles. The van der Waals surface area contributed by atoms with Gasteiger partial charge in [-0.15, -0.1) is 11.3 Å². The summed E-state index contributed by atoms with van der Waals surface area (Å²) in [5.74, 6) is 0. The average Bonchev–Trinajstić information content (AvgIpc) is 2.58. The number of nitrogens with zero attached hydrogens (tertiary/aromatic N) is 1. The van der Waals surface area contributed by atoms with Gasteiger partial charge in [0.2, 0.25) is 0 Å². The molecule has 4 heteroatoms. The van der Waals surface area contributed by atoms with Crippen molar-refractivity contribution < 1.29 is 4.74 Å². The summed E-state index contributed by atoms with van der Waals surface area (Å²) >= 11 is 1.73. The Bertz CT molecular complexity index is 262. The number of thiazole rings is 1. The highest BCUT2D eigenvalue weighted by Gasteiger charge is 2.09. The summed E-state index contributed by atoms with van der Waals surface area (Å²) in [6.45, 7) is 2.83. The van der Waals surface area contributed by atoms with Gasteiger partial charge in [-0.2, -0.15) is 0 Å². The molecule has 0 aliphatic rings. The standard InChI is InChI=1S/C10H18N2OS/c1-8-7-14-10(12-8)6-9(11-2)4-5-13-3/h7,9,11H,4-6H2,1-3H3. The lowest BCUT2D eigenvalue weighted by Crippen LogP contribution is -2.28. The lowest BCUT2D eigenvalue weighted by atomic mass is 10.1. The highest BCUT2D eigenvalue weighted by atomic mass is 32.1. The third-order valence-electron chi connectivity index (χ3n) is 2.17. The maximum Gasteiger partial charge on any atom is 0.0943 e. The molecule has 0 saturated carbocycles. The van der Waals surface area contributed by atoms with E-state index in [1.807, 2.05) is 14.0 Å². The lowest BCUT2D eigenvalue weighted by molar-refractivity contribution is 0.184. The first-order chi connectivity index (χ1) is 6.76. The molecule has 1 heterocycles. The van der Waals surface area contributed by atoms with Crippen LogP contribution in [0.2, 0.25) is 0 Å². The van der Waals surface area contributed by atoms with Crippen LogP contribution in [0.4, 0.5) is 0 Å². The number of nitrogens with one attached hydrogen (secondary N) is 1. The van der Waals surface area contributed by atoms with Crippen LogP contribution in [-0.4, -0.2) is 31.8 Å². The van der Waals surface area contributed by atoms with Crippen molar-refractivity contribution in [2.24, 2.45) is 0 Å². The second-order valence-corrected chi connectivity index (χ2v) is 4.30. The van der Waals surface area contributed by atoms with Gasteiger partial charge in [-0.1, -0.05) is 0 Å². The van der Waals surface area contributed by atoms with Crippen LogP contribution in [0.15, 0.2) is 5.38 Å². The molecule has 80 valence electrons. The predicted octanol–water partition coefficient (Wildman–Crippen LogP) is 1.62. The number of hydrogen-bond donors (Lipinski definition) is 1. The number of aryl methyl sites for hydroxylation is 1. The third kappa shape index (κ3) is 3.74. The van der Waals surface area contributed by atoms with Crippen molar-refractivity contribution in [3.8, 4) is 0 Å². The van der Waals surface area contributed by atoms with Crippen molar-refractivity contribution in [3.63, 3.8) is 0 Å². The topological polar surface area (TPSA) is 34.1 Å². The second kappa shape index (κ2) is 6.11. The van der Waals surface area contributed by atoms with Crippen LogP contribution < -0.4 is 5.32 Å². The van der Waals surface area contributed by atoms with Gasteiger partial charge in [0.15, 0.2) is 0 Å². The molecule has 1 aromatic rings. The SMILES string of the molecule is CNC(CCOC)Cc1nc(C)cs1. The average molecular weight is 214 g/mol. The number of aromatic nitrogens is 1. The van der Waals surface area contributed by atoms with E-state index in [1.54, 1.807) is 18.4 Å². The zero-order valence-electron chi connectivity index (χ0n) is 9.04. The highest BCUT2D eigenvalue weighted by Crippen LogP contribution is 2.12. The van der Waals surface area contributed by atoms with E-state index in [-0.39, 0.29) is 0 Å². The van der Waals surface area contributed by atoms with Crippen LogP contribution in [0.1, 0.15) is 17.1 Å². The summed E-state index contributed by atoms with van der Waals surface area (Å²) in [5.41, 5.74) is 1.12. The van der Waals surface area contributed by atoms with Gasteiger partial charge in [-0.05, 0) is 20.4 Å². The highest BCUT2D eigenvalue weighted by molar-refractivity contribution is 7.09. The van der Waals surface area contributed by atoms with Crippen LogP contribution in [-0.2, 0) is 11.2 Å². The van der Waals surface area contributed by atoms with Gasteiger partial charge in [0.05, 0.1) is 5.01 Å². The molecule has 0 aromatic carbocycles. The van der Waals surface area contributed by atoms with E-state index in [2.05, 4.69) is 15.7 Å². The molecule has 0 aliphatic heterocycles. The van der Waals surface area contributed by atoms with Crippen LogP contribution >= 0.6 is 11.3 Å². The predicted molar refractivity (Wildman–Crippen MR) is 59.9 cm³/mol. The Kier molecular flexibility index (Phi) is 5.07. The summed E-state index contributed by atoms with van der Waals surface area (Å²) in [7, 11) is 3.72. The van der Waals surface area contributed by atoms with E-state index in [0.29, 0.717) is 6.04 Å². The summed E-state index contributed by atoms with van der Waals surface area (Å²) in [6, 6.07) is 0.473. The third-order valence-corrected chi connectivity index (χ3v) is 3.16. The fourth-order valence-electron chi connectivity index (χ4n) is 1.32. The Morgan fingerprint density at radius 3 is 2.93 bits per heavy atom. The van der Waals surface area contributed by atoms with Gasteiger partial charge in [0, 0.05) is 37.3 Å². The fraction of sp³-hybridized carbons (Fsp3) is 0.700. The van der Waals surface area contributed by atoms with Crippen LogP contribution in [0.3, 0.4) is 0 Å². The molecule has 0 spiro atoms. The Balaban J connectivity index is 2.40. The number of ether oxygens (including phenoxy) is 1. The Morgan fingerprint density at radius 2 is 2.43 bits per heavy atom. The Labute approximate surface area is 89.5 Å². The van der Waals surface area contributed by atoms with E-state index in [9.17, 15) is 0 Å². The molecule has 0 radical (unpaired) electrons. The Morgan fingerprint density at radius 1 is 1.64 bits per heavy atom. The first-order valence-corrected chi connectivity index (χ1v) is 5.71. The van der Waals surface area contributed by atoms with Gasteiger partial charge in [0.1, 0.15) is 0 Å². The van der Waals surface area contributed by atoms with Gasteiger partial charge < -0.3 is 10.1 Å². The fourth-order valence-corrected chi connectivity index (χ4v) is 2.17. The van der Waals surface area contributed by atoms with E-state index < -0.39 is 0 Å². The van der Waals surface area contributed by atoms with E-state index in [1.165, 1.54) is 5.01 Å². The minimum Gasteiger partial charge on any atom is -0.385 e. The lowest BCUT2D eigenvalue weighted by Gasteiger charge is -2.13. The molecule has 1 unspecified atom stereocenters. The first kappa shape index (κ1) is 11.6. The largest absolute Gasteiger partial charge is 0.385 e. The van der Waals surface area contributed by atoms with Crippen LogP contribution in [0, 0.1) is 6.92 Å². The summed E-state index contributed by atoms with van der Waals surface area (Å²) in [5, 5.41) is 6.58. The van der Waals surface area contributed by atoms with Crippen molar-refractivity contribution in [2.75, 3.05) is 20.8 Å². The van der Waals surface area contributed by atoms with Gasteiger partial charge in [-0.3, -0.25) is 0 Å². The van der Waals surface area contributed by atoms with Crippen LogP contribution in [0.5, 0.6) is 0 Å². The maximum atomic E-state index is 5.06. The van der Waals surface area contributed by atoms with E-state index in [4.69, 9.17) is 4.74 Å². The monoisotopic (exact) mass is 214 g/mol. The summed E-state index contributed by atoms with van der Waals surface area (Å²) in [4.78, 5) is 4.44. The van der Waals surface area contributed by atoms with Crippen molar-refractivity contribution in [2.45, 2.75) is 25.8 Å². The van der Waals surface area contributed by atoms with Gasteiger partial charge in [-0.25, -0.2) is 4.98 Å². The quantitative estimate of drug-likeness (QED) is 0.781. The Hall–Kier alpha value is -0.450. The summed E-state index contributed by atoms with van der Waals surface area (Å²) in [6.07, 6.45) is 2.03. The molecule has 1 N–H and O–H groups in total. The van der Waals surface area contributed by atoms with Gasteiger partial charge in [0.25, 0.3) is 0 Å². The molecule has 0 aliphatic carbocycles. The zero-order valence-corrected chi connectivity index (χ0v) is 9.86. The smallest absolute Gasteiger partial charge is 0.0943 e. The number of methoxy groups -OCH3 is 1. The molecule has 0 saturated heterocycles. The van der Waals surface area contributed by atoms with Crippen molar-refractivity contribution in [1.29, 1.82) is 0 Å². The van der Waals surface area contributed by atoms with Gasteiger partial charge >= 0.3 is 0 Å². The molecule has 0 bridgehead atoms. The molecular formula is C10H18N2OS. The van der Waals surface area contributed by atoms with Crippen LogP contribution in [0.25, 0.3) is 0 Å². The van der Waals surface area contributed by atoms with Crippen molar-refractivity contribution >= 4 is 11.3 Å². The molecule has 1 atom stereocenters. The number of hydrogen-bond acceptors (Lipinski definition) is 4. The van der Waals surface area contributed by atoms with E-state index in [0.717, 1.165) is 25.1 Å². The molecular weight excluding hydrogens is 196 g/mol. The molecule has 0 amide bonds. The summed E-state index contributed by atoms with van der Waals surface area (Å²) < 4.78 is 5.06. The van der Waals surface area contributed by atoms with E-state index >= 15 is 0 Å². The van der Waals surface area contributed by atoms with Crippen molar-refractivity contribution in [1.82, 2.24) is 10.3 Å². The normalized spacial score (nSPS) is 13.1. The minimum atomic E-state index is 0.473. The zero-order chi connectivity index (χ0) is 10.4. The molecule has 0 fully saturated rings.